The predicted molar refractivity (Wildman–Crippen MR) is 131 cm³/mol. The van der Waals surface area contributed by atoms with Gasteiger partial charge in [-0.05, 0) is 36.2 Å². The fourth-order valence-electron chi connectivity index (χ4n) is 2.92. The lowest BCUT2D eigenvalue weighted by molar-refractivity contribution is 0.0547. The molecule has 11 nitrogen and oxygen atoms in total. The Morgan fingerprint density at radius 1 is 0.735 bits per heavy atom. The van der Waals surface area contributed by atoms with E-state index in [4.69, 9.17) is 15.2 Å². The van der Waals surface area contributed by atoms with Crippen molar-refractivity contribution in [1.29, 1.82) is 0 Å². The number of hydrogen-bond acceptors (Lipinski definition) is 11. The van der Waals surface area contributed by atoms with Crippen molar-refractivity contribution in [3.8, 4) is 11.5 Å². The first-order chi connectivity index (χ1) is 16.6. The minimum Gasteiger partial charge on any atom is -0.504 e. The summed E-state index contributed by atoms with van der Waals surface area (Å²) in [4.78, 5) is 13.3. The number of nitrogens with two attached hydrogens (primary N) is 1. The third-order valence-corrected chi connectivity index (χ3v) is 4.57. The van der Waals surface area contributed by atoms with Gasteiger partial charge in [0.2, 0.25) is 17.8 Å². The topological polar surface area (TPSA) is 160 Å². The number of rotatable bonds is 15. The molecule has 0 fully saturated rings. The van der Waals surface area contributed by atoms with E-state index < -0.39 is 0 Å². The molecule has 3 rings (SSSR count). The number of nitrogens with zero attached hydrogens (tertiary/aromatic N) is 3. The van der Waals surface area contributed by atoms with Crippen molar-refractivity contribution >= 4 is 23.5 Å². The van der Waals surface area contributed by atoms with E-state index in [-0.39, 0.29) is 11.5 Å². The van der Waals surface area contributed by atoms with Crippen LogP contribution in [0.3, 0.4) is 0 Å². The predicted octanol–water partition coefficient (Wildman–Crippen LogP) is 2.08. The van der Waals surface area contributed by atoms with Gasteiger partial charge < -0.3 is 41.4 Å². The molecule has 3 aromatic rings. The van der Waals surface area contributed by atoms with Gasteiger partial charge in [0.05, 0.1) is 26.4 Å². The summed E-state index contributed by atoms with van der Waals surface area (Å²) < 4.78 is 10.8. The molecule has 182 valence electrons. The number of phenolic OH excluding ortho intramolecular Hbond substituents is 2. The summed E-state index contributed by atoms with van der Waals surface area (Å²) in [7, 11) is 0. The third kappa shape index (κ3) is 8.70. The van der Waals surface area contributed by atoms with Gasteiger partial charge in [0.1, 0.15) is 0 Å². The van der Waals surface area contributed by atoms with Crippen LogP contribution in [0.4, 0.5) is 23.5 Å². The van der Waals surface area contributed by atoms with Crippen LogP contribution >= 0.6 is 0 Å². The van der Waals surface area contributed by atoms with Crippen molar-refractivity contribution < 1.29 is 19.7 Å². The highest BCUT2D eigenvalue weighted by Crippen LogP contribution is 2.25. The minimum absolute atomic E-state index is 0.145. The maximum absolute atomic E-state index is 9.66. The molecule has 0 aliphatic rings. The van der Waals surface area contributed by atoms with Gasteiger partial charge in [0.25, 0.3) is 0 Å². The number of ether oxygens (including phenoxy) is 2. The standard InChI is InChI=1S/C23H31N7O4/c24-9-12-33-14-15-34-13-11-26-22-28-21(25-10-8-17-6-7-19(31)20(32)16-17)29-23(30-22)27-18-4-2-1-3-5-18/h1-7,16,31-32H,8-15,24H2,(H3,25,26,27,28,29,30). The highest BCUT2D eigenvalue weighted by Gasteiger charge is 2.08. The summed E-state index contributed by atoms with van der Waals surface area (Å²) in [5, 5.41) is 28.6. The van der Waals surface area contributed by atoms with E-state index in [9.17, 15) is 10.2 Å². The van der Waals surface area contributed by atoms with Crippen LogP contribution in [0.2, 0.25) is 0 Å². The zero-order chi connectivity index (χ0) is 24.0. The van der Waals surface area contributed by atoms with Gasteiger partial charge in [-0.2, -0.15) is 15.0 Å². The second-order valence-electron chi connectivity index (χ2n) is 7.24. The van der Waals surface area contributed by atoms with Crippen LogP contribution in [-0.4, -0.2) is 71.2 Å². The average molecular weight is 470 g/mol. The van der Waals surface area contributed by atoms with Gasteiger partial charge in [-0.3, -0.25) is 0 Å². The molecule has 2 aromatic carbocycles. The summed E-state index contributed by atoms with van der Waals surface area (Å²) in [5.74, 6) is 0.904. The molecule has 0 saturated carbocycles. The summed E-state index contributed by atoms with van der Waals surface area (Å²) >= 11 is 0. The van der Waals surface area contributed by atoms with Gasteiger partial charge >= 0.3 is 0 Å². The molecule has 1 aromatic heterocycles. The van der Waals surface area contributed by atoms with E-state index in [2.05, 4.69) is 30.9 Å². The molecule has 11 heteroatoms. The first-order valence-electron chi connectivity index (χ1n) is 11.1. The lowest BCUT2D eigenvalue weighted by Crippen LogP contribution is -2.17. The maximum Gasteiger partial charge on any atom is 0.233 e. The fraction of sp³-hybridized carbons (Fsp3) is 0.348. The van der Waals surface area contributed by atoms with Gasteiger partial charge in [-0.1, -0.05) is 24.3 Å². The zero-order valence-corrected chi connectivity index (χ0v) is 18.9. The van der Waals surface area contributed by atoms with Gasteiger partial charge in [0.15, 0.2) is 11.5 Å². The highest BCUT2D eigenvalue weighted by molar-refractivity contribution is 5.55. The number of nitrogens with one attached hydrogen (secondary N) is 3. The van der Waals surface area contributed by atoms with Crippen LogP contribution in [0.25, 0.3) is 0 Å². The van der Waals surface area contributed by atoms with Crippen LogP contribution in [0.1, 0.15) is 5.56 Å². The largest absolute Gasteiger partial charge is 0.504 e. The maximum atomic E-state index is 9.66. The van der Waals surface area contributed by atoms with Crippen molar-refractivity contribution in [3.63, 3.8) is 0 Å². The Kier molecular flexibility index (Phi) is 10.1. The second kappa shape index (κ2) is 13.8. The number of aromatic hydroxyl groups is 2. The lowest BCUT2D eigenvalue weighted by Gasteiger charge is -2.12. The van der Waals surface area contributed by atoms with Crippen molar-refractivity contribution in [2.24, 2.45) is 5.73 Å². The first kappa shape index (κ1) is 25.0. The average Bonchev–Trinajstić information content (AvgIpc) is 2.84. The smallest absolute Gasteiger partial charge is 0.233 e. The highest BCUT2D eigenvalue weighted by atomic mass is 16.5. The quantitative estimate of drug-likeness (QED) is 0.143. The molecule has 0 atom stereocenters. The molecule has 0 spiro atoms. The number of benzene rings is 2. The number of para-hydroxylation sites is 1. The third-order valence-electron chi connectivity index (χ3n) is 4.57. The van der Waals surface area contributed by atoms with Crippen LogP contribution < -0.4 is 21.7 Å². The van der Waals surface area contributed by atoms with Crippen molar-refractivity contribution in [2.45, 2.75) is 6.42 Å². The molecule has 0 bridgehead atoms. The van der Waals surface area contributed by atoms with Crippen molar-refractivity contribution in [3.05, 3.63) is 54.1 Å². The van der Waals surface area contributed by atoms with E-state index >= 15 is 0 Å². The van der Waals surface area contributed by atoms with E-state index in [1.165, 1.54) is 12.1 Å². The molecule has 0 amide bonds. The van der Waals surface area contributed by atoms with E-state index in [0.717, 1.165) is 11.3 Å². The summed E-state index contributed by atoms with van der Waals surface area (Å²) in [6.45, 7) is 3.50. The molecule has 0 aliphatic heterocycles. The Morgan fingerprint density at radius 2 is 1.41 bits per heavy atom. The van der Waals surface area contributed by atoms with Crippen LogP contribution in [-0.2, 0) is 15.9 Å². The monoisotopic (exact) mass is 469 g/mol. The van der Waals surface area contributed by atoms with Gasteiger partial charge in [-0.25, -0.2) is 0 Å². The molecular weight excluding hydrogens is 438 g/mol. The molecule has 7 N–H and O–H groups in total. The first-order valence-corrected chi connectivity index (χ1v) is 11.1. The molecule has 1 heterocycles. The Labute approximate surface area is 198 Å². The van der Waals surface area contributed by atoms with Crippen molar-refractivity contribution in [2.75, 3.05) is 62.0 Å². The lowest BCUT2D eigenvalue weighted by atomic mass is 10.1. The number of hydrogen-bond donors (Lipinski definition) is 6. The van der Waals surface area contributed by atoms with E-state index in [0.29, 0.717) is 70.3 Å². The molecule has 0 saturated heterocycles. The Balaban J connectivity index is 1.57. The van der Waals surface area contributed by atoms with Crippen molar-refractivity contribution in [1.82, 2.24) is 15.0 Å². The number of anilines is 4. The molecule has 34 heavy (non-hydrogen) atoms. The number of phenols is 2. The Bertz CT molecular complexity index is 1010. The zero-order valence-electron chi connectivity index (χ0n) is 18.9. The van der Waals surface area contributed by atoms with Crippen LogP contribution in [0.15, 0.2) is 48.5 Å². The van der Waals surface area contributed by atoms with Gasteiger partial charge in [0, 0.05) is 25.3 Å². The minimum atomic E-state index is -0.147. The van der Waals surface area contributed by atoms with E-state index in [1.807, 2.05) is 30.3 Å². The molecule has 0 unspecified atom stereocenters. The fourth-order valence-corrected chi connectivity index (χ4v) is 2.92. The Hall–Kier alpha value is -3.67. The molecule has 0 aliphatic carbocycles. The molecular formula is C23H31N7O4. The normalized spacial score (nSPS) is 10.7. The van der Waals surface area contributed by atoms with E-state index in [1.54, 1.807) is 6.07 Å². The summed E-state index contributed by atoms with van der Waals surface area (Å²) in [6.07, 6.45) is 0.601. The van der Waals surface area contributed by atoms with Crippen LogP contribution in [0, 0.1) is 0 Å². The van der Waals surface area contributed by atoms with Gasteiger partial charge in [-0.15, -0.1) is 0 Å². The summed E-state index contributed by atoms with van der Waals surface area (Å²) in [5.41, 5.74) is 7.09. The SMILES string of the molecule is NCCOCCOCCNc1nc(NCCc2ccc(O)c(O)c2)nc(Nc2ccccc2)n1. The summed E-state index contributed by atoms with van der Waals surface area (Å²) in [6, 6.07) is 14.4. The molecule has 0 radical (unpaired) electrons. The Morgan fingerprint density at radius 3 is 2.12 bits per heavy atom. The number of aromatic nitrogens is 3. The van der Waals surface area contributed by atoms with Crippen LogP contribution in [0.5, 0.6) is 11.5 Å². The second-order valence-corrected chi connectivity index (χ2v) is 7.24.